The summed E-state index contributed by atoms with van der Waals surface area (Å²) in [6.45, 7) is 4.06. The van der Waals surface area contributed by atoms with Crippen LogP contribution in [0, 0.1) is 12.8 Å². The molecule has 0 spiro atoms. The number of benzene rings is 1. The number of hydrogen-bond donors (Lipinski definition) is 3. The molecule has 1 aromatic rings. The summed E-state index contributed by atoms with van der Waals surface area (Å²) >= 11 is 5.23. The molecule has 1 aliphatic carbocycles. The predicted molar refractivity (Wildman–Crippen MR) is 106 cm³/mol. The zero-order valence-corrected chi connectivity index (χ0v) is 15.8. The maximum absolute atomic E-state index is 11.9. The van der Waals surface area contributed by atoms with Crippen LogP contribution in [0.5, 0.6) is 0 Å². The van der Waals surface area contributed by atoms with Gasteiger partial charge >= 0.3 is 0 Å². The van der Waals surface area contributed by atoms with Crippen molar-refractivity contribution in [2.75, 3.05) is 10.6 Å². The van der Waals surface area contributed by atoms with Crippen LogP contribution < -0.4 is 16.0 Å². The average molecular weight is 362 g/mol. The third-order valence-electron chi connectivity index (χ3n) is 4.30. The van der Waals surface area contributed by atoms with Crippen LogP contribution in [0.25, 0.3) is 0 Å². The fraction of sp³-hybridized carbons (Fsp3) is 0.526. The summed E-state index contributed by atoms with van der Waals surface area (Å²) in [5.74, 6) is 0.164. The maximum atomic E-state index is 11.9. The van der Waals surface area contributed by atoms with Gasteiger partial charge < -0.3 is 16.0 Å². The van der Waals surface area contributed by atoms with Gasteiger partial charge in [0.05, 0.1) is 0 Å². The SMILES string of the molecule is CCCCCCC(=O)NC(=S)Nc1cccc(NC(=O)C2CC2)c1C. The lowest BCUT2D eigenvalue weighted by Crippen LogP contribution is -2.34. The highest BCUT2D eigenvalue weighted by Crippen LogP contribution is 2.31. The number of carbonyl (C=O) groups is 2. The molecule has 0 aliphatic heterocycles. The van der Waals surface area contributed by atoms with E-state index in [4.69, 9.17) is 12.2 Å². The fourth-order valence-electron chi connectivity index (χ4n) is 2.54. The monoisotopic (exact) mass is 361 g/mol. The van der Waals surface area contributed by atoms with E-state index < -0.39 is 0 Å². The molecule has 0 saturated heterocycles. The van der Waals surface area contributed by atoms with Crippen LogP contribution in [-0.4, -0.2) is 16.9 Å². The second-order valence-electron chi connectivity index (χ2n) is 6.55. The van der Waals surface area contributed by atoms with E-state index in [1.807, 2.05) is 25.1 Å². The minimum absolute atomic E-state index is 0.0653. The normalized spacial score (nSPS) is 13.2. The molecule has 1 saturated carbocycles. The molecule has 0 atom stereocenters. The van der Waals surface area contributed by atoms with E-state index in [1.54, 1.807) is 0 Å². The first-order valence-electron chi connectivity index (χ1n) is 9.02. The Hall–Kier alpha value is -1.95. The molecule has 0 bridgehead atoms. The highest BCUT2D eigenvalue weighted by atomic mass is 32.1. The molecule has 1 aliphatic rings. The van der Waals surface area contributed by atoms with Gasteiger partial charge in [-0.1, -0.05) is 32.3 Å². The minimum atomic E-state index is -0.0653. The first-order chi connectivity index (χ1) is 12.0. The zero-order chi connectivity index (χ0) is 18.2. The Labute approximate surface area is 155 Å². The Kier molecular flexibility index (Phi) is 7.37. The number of anilines is 2. The molecule has 6 heteroatoms. The van der Waals surface area contributed by atoms with Crippen LogP contribution >= 0.6 is 12.2 Å². The smallest absolute Gasteiger partial charge is 0.227 e. The molecule has 25 heavy (non-hydrogen) atoms. The van der Waals surface area contributed by atoms with Crippen molar-refractivity contribution >= 4 is 40.5 Å². The van der Waals surface area contributed by atoms with Gasteiger partial charge in [0, 0.05) is 23.7 Å². The quantitative estimate of drug-likeness (QED) is 0.481. The molecule has 0 unspecified atom stereocenters. The molecule has 136 valence electrons. The van der Waals surface area contributed by atoms with Gasteiger partial charge in [0.25, 0.3) is 0 Å². The molecule has 0 aromatic heterocycles. The van der Waals surface area contributed by atoms with E-state index in [9.17, 15) is 9.59 Å². The van der Waals surface area contributed by atoms with Crippen molar-refractivity contribution in [1.29, 1.82) is 0 Å². The van der Waals surface area contributed by atoms with E-state index in [-0.39, 0.29) is 22.8 Å². The van der Waals surface area contributed by atoms with Crippen molar-refractivity contribution in [2.45, 2.75) is 58.8 Å². The number of amides is 2. The Morgan fingerprint density at radius 2 is 1.80 bits per heavy atom. The van der Waals surface area contributed by atoms with Gasteiger partial charge in [0.2, 0.25) is 11.8 Å². The van der Waals surface area contributed by atoms with Crippen molar-refractivity contribution in [3.63, 3.8) is 0 Å². The molecule has 0 heterocycles. The Morgan fingerprint density at radius 3 is 2.44 bits per heavy atom. The summed E-state index contributed by atoms with van der Waals surface area (Å²) < 4.78 is 0. The maximum Gasteiger partial charge on any atom is 0.227 e. The molecule has 2 rings (SSSR count). The second kappa shape index (κ2) is 9.51. The summed E-state index contributed by atoms with van der Waals surface area (Å²) in [6.07, 6.45) is 6.66. The number of nitrogens with one attached hydrogen (secondary N) is 3. The Balaban J connectivity index is 1.85. The molecule has 0 radical (unpaired) electrons. The lowest BCUT2D eigenvalue weighted by Gasteiger charge is -2.15. The topological polar surface area (TPSA) is 70.2 Å². The summed E-state index contributed by atoms with van der Waals surface area (Å²) in [5, 5.41) is 9.01. The molecule has 2 amide bonds. The van der Waals surface area contributed by atoms with Gasteiger partial charge in [-0.25, -0.2) is 0 Å². The van der Waals surface area contributed by atoms with Crippen molar-refractivity contribution < 1.29 is 9.59 Å². The first-order valence-corrected chi connectivity index (χ1v) is 9.43. The average Bonchev–Trinajstić information content (AvgIpc) is 3.40. The van der Waals surface area contributed by atoms with Crippen LogP contribution in [-0.2, 0) is 9.59 Å². The third kappa shape index (κ3) is 6.46. The molecule has 5 nitrogen and oxygen atoms in total. The molecular formula is C19H27N3O2S. The van der Waals surface area contributed by atoms with E-state index in [0.717, 1.165) is 55.5 Å². The van der Waals surface area contributed by atoms with E-state index in [0.29, 0.717) is 6.42 Å². The number of unbranched alkanes of at least 4 members (excludes halogenated alkanes) is 3. The van der Waals surface area contributed by atoms with E-state index in [1.165, 1.54) is 0 Å². The lowest BCUT2D eigenvalue weighted by atomic mass is 10.1. The van der Waals surface area contributed by atoms with Gasteiger partial charge in [0.15, 0.2) is 5.11 Å². The van der Waals surface area contributed by atoms with Gasteiger partial charge in [-0.3, -0.25) is 9.59 Å². The summed E-state index contributed by atoms with van der Waals surface area (Å²) in [6, 6.07) is 5.60. The Bertz CT molecular complexity index is 642. The highest BCUT2D eigenvalue weighted by molar-refractivity contribution is 7.80. The molecule has 3 N–H and O–H groups in total. The number of hydrogen-bond acceptors (Lipinski definition) is 3. The minimum Gasteiger partial charge on any atom is -0.332 e. The molecule has 1 aromatic carbocycles. The largest absolute Gasteiger partial charge is 0.332 e. The van der Waals surface area contributed by atoms with Crippen LogP contribution in [0.15, 0.2) is 18.2 Å². The van der Waals surface area contributed by atoms with Crippen LogP contribution in [0.4, 0.5) is 11.4 Å². The number of rotatable bonds is 8. The van der Waals surface area contributed by atoms with Gasteiger partial charge in [-0.15, -0.1) is 0 Å². The fourth-order valence-corrected chi connectivity index (χ4v) is 2.77. The molecule has 1 fully saturated rings. The second-order valence-corrected chi connectivity index (χ2v) is 6.96. The number of thiocarbonyl (C=S) groups is 1. The van der Waals surface area contributed by atoms with Crippen molar-refractivity contribution in [2.24, 2.45) is 5.92 Å². The first kappa shape index (κ1) is 19.4. The lowest BCUT2D eigenvalue weighted by molar-refractivity contribution is -0.120. The zero-order valence-electron chi connectivity index (χ0n) is 15.0. The van der Waals surface area contributed by atoms with E-state index >= 15 is 0 Å². The molecular weight excluding hydrogens is 334 g/mol. The summed E-state index contributed by atoms with van der Waals surface area (Å²) in [5.41, 5.74) is 2.46. The van der Waals surface area contributed by atoms with Crippen LogP contribution in [0.1, 0.15) is 57.4 Å². The van der Waals surface area contributed by atoms with Crippen molar-refractivity contribution in [3.8, 4) is 0 Å². The van der Waals surface area contributed by atoms with Gasteiger partial charge in [0.1, 0.15) is 0 Å². The summed E-state index contributed by atoms with van der Waals surface area (Å²) in [4.78, 5) is 23.8. The third-order valence-corrected chi connectivity index (χ3v) is 4.50. The van der Waals surface area contributed by atoms with E-state index in [2.05, 4.69) is 22.9 Å². The van der Waals surface area contributed by atoms with Crippen LogP contribution in [0.2, 0.25) is 0 Å². The van der Waals surface area contributed by atoms with Crippen molar-refractivity contribution in [3.05, 3.63) is 23.8 Å². The summed E-state index contributed by atoms with van der Waals surface area (Å²) in [7, 11) is 0. The van der Waals surface area contributed by atoms with Gasteiger partial charge in [-0.05, 0) is 56.1 Å². The standard InChI is InChI=1S/C19H27N3O2S/c1-3-4-5-6-10-17(23)22-19(25)21-16-9-7-8-15(13(16)2)20-18(24)14-11-12-14/h7-9,14H,3-6,10-12H2,1-2H3,(H,20,24)(H2,21,22,23,25). The highest BCUT2D eigenvalue weighted by Gasteiger charge is 2.29. The van der Waals surface area contributed by atoms with Crippen LogP contribution in [0.3, 0.4) is 0 Å². The Morgan fingerprint density at radius 1 is 1.12 bits per heavy atom. The predicted octanol–water partition coefficient (Wildman–Crippen LogP) is 4.13. The number of carbonyl (C=O) groups excluding carboxylic acids is 2. The van der Waals surface area contributed by atoms with Gasteiger partial charge in [-0.2, -0.15) is 0 Å². The van der Waals surface area contributed by atoms with Crippen molar-refractivity contribution in [1.82, 2.24) is 5.32 Å².